The van der Waals surface area contributed by atoms with Gasteiger partial charge in [0.2, 0.25) is 0 Å². The molecule has 1 fully saturated rings. The predicted molar refractivity (Wildman–Crippen MR) is 74.6 cm³/mol. The fraction of sp³-hybridized carbons (Fsp3) is 0.600. The van der Waals surface area contributed by atoms with Crippen molar-refractivity contribution in [3.63, 3.8) is 0 Å². The minimum Gasteiger partial charge on any atom is -0.376 e. The topological polar surface area (TPSA) is 38.5 Å². The Morgan fingerprint density at radius 3 is 2.72 bits per heavy atom. The smallest absolute Gasteiger partial charge is 0.0674 e. The molecule has 0 radical (unpaired) electrons. The van der Waals surface area contributed by atoms with Crippen LogP contribution in [0.2, 0.25) is 0 Å². The zero-order valence-corrected chi connectivity index (χ0v) is 11.4. The molecule has 2 atom stereocenters. The van der Waals surface area contributed by atoms with Gasteiger partial charge in [0.15, 0.2) is 0 Å². The van der Waals surface area contributed by atoms with Crippen LogP contribution >= 0.6 is 0 Å². The third kappa shape index (κ3) is 3.55. The summed E-state index contributed by atoms with van der Waals surface area (Å²) >= 11 is 0. The van der Waals surface area contributed by atoms with Gasteiger partial charge in [0, 0.05) is 19.6 Å². The largest absolute Gasteiger partial charge is 0.376 e. The molecule has 100 valence electrons. The number of nitrogens with zero attached hydrogens (tertiary/aromatic N) is 1. The first-order chi connectivity index (χ1) is 8.69. The summed E-state index contributed by atoms with van der Waals surface area (Å²) in [5.41, 5.74) is 8.39. The number of benzene rings is 1. The van der Waals surface area contributed by atoms with Crippen LogP contribution < -0.4 is 5.73 Å². The van der Waals surface area contributed by atoms with E-state index in [-0.39, 0.29) is 0 Å². The van der Waals surface area contributed by atoms with Crippen LogP contribution in [0.4, 0.5) is 0 Å². The van der Waals surface area contributed by atoms with Gasteiger partial charge in [0.05, 0.1) is 12.7 Å². The maximum absolute atomic E-state index is 5.68. The second kappa shape index (κ2) is 6.32. The summed E-state index contributed by atoms with van der Waals surface area (Å²) < 4.78 is 5.56. The Kier molecular flexibility index (Phi) is 4.75. The summed E-state index contributed by atoms with van der Waals surface area (Å²) in [6.45, 7) is 8.94. The van der Waals surface area contributed by atoms with Crippen molar-refractivity contribution in [2.45, 2.75) is 32.4 Å². The van der Waals surface area contributed by atoms with Gasteiger partial charge in [-0.15, -0.1) is 0 Å². The van der Waals surface area contributed by atoms with E-state index in [1.54, 1.807) is 0 Å². The molecular formula is C15H24N2O. The first kappa shape index (κ1) is 13.5. The van der Waals surface area contributed by atoms with Crippen LogP contribution in [0, 0.1) is 0 Å². The normalized spacial score (nSPS) is 22.9. The number of ether oxygens (including phenoxy) is 1. The average Bonchev–Trinajstić information content (AvgIpc) is 2.39. The number of hydrogen-bond acceptors (Lipinski definition) is 3. The predicted octanol–water partition coefficient (Wildman–Crippen LogP) is 1.97. The molecule has 0 bridgehead atoms. The molecule has 0 aliphatic carbocycles. The number of hydrogen-bond donors (Lipinski definition) is 1. The monoisotopic (exact) mass is 248 g/mol. The summed E-state index contributed by atoms with van der Waals surface area (Å²) in [6, 6.07) is 8.86. The van der Waals surface area contributed by atoms with Crippen LogP contribution in [0.3, 0.4) is 0 Å². The van der Waals surface area contributed by atoms with E-state index in [0.717, 1.165) is 26.2 Å². The maximum Gasteiger partial charge on any atom is 0.0674 e. The lowest BCUT2D eigenvalue weighted by atomic mass is 10.00. The Labute approximate surface area is 110 Å². The molecule has 2 N–H and O–H groups in total. The van der Waals surface area contributed by atoms with Crippen LogP contribution in [0.1, 0.15) is 30.9 Å². The van der Waals surface area contributed by atoms with Gasteiger partial charge in [-0.25, -0.2) is 0 Å². The Hall–Kier alpha value is -0.900. The summed E-state index contributed by atoms with van der Waals surface area (Å²) in [5, 5.41) is 0. The van der Waals surface area contributed by atoms with E-state index < -0.39 is 0 Å². The van der Waals surface area contributed by atoms with Gasteiger partial charge in [-0.1, -0.05) is 31.2 Å². The quantitative estimate of drug-likeness (QED) is 0.885. The third-order valence-electron chi connectivity index (χ3n) is 3.63. The van der Waals surface area contributed by atoms with E-state index in [4.69, 9.17) is 10.5 Å². The highest BCUT2D eigenvalue weighted by Crippen LogP contribution is 2.16. The molecule has 3 nitrogen and oxygen atoms in total. The number of rotatable bonds is 4. The summed E-state index contributed by atoms with van der Waals surface area (Å²) in [4.78, 5) is 2.45. The van der Waals surface area contributed by atoms with Crippen LogP contribution in [-0.4, -0.2) is 37.2 Å². The van der Waals surface area contributed by atoms with E-state index in [0.29, 0.717) is 18.6 Å². The van der Waals surface area contributed by atoms with Gasteiger partial charge in [-0.2, -0.15) is 0 Å². The first-order valence-electron chi connectivity index (χ1n) is 6.82. The molecule has 2 unspecified atom stereocenters. The van der Waals surface area contributed by atoms with Crippen molar-refractivity contribution < 1.29 is 4.74 Å². The minimum absolute atomic E-state index is 0.357. The molecule has 2 rings (SSSR count). The summed E-state index contributed by atoms with van der Waals surface area (Å²) in [5.74, 6) is 0.447. The van der Waals surface area contributed by atoms with Crippen molar-refractivity contribution in [1.29, 1.82) is 0 Å². The van der Waals surface area contributed by atoms with Crippen LogP contribution in [0.5, 0.6) is 0 Å². The second-order valence-electron chi connectivity index (χ2n) is 5.29. The SMILES string of the molecule is CC1CN(Cc2ccc(C(C)CN)cc2)CCO1. The molecule has 18 heavy (non-hydrogen) atoms. The molecular weight excluding hydrogens is 224 g/mol. The molecule has 0 saturated carbocycles. The van der Waals surface area contributed by atoms with E-state index in [2.05, 4.69) is 43.0 Å². The molecule has 0 amide bonds. The standard InChI is InChI=1S/C15H24N2O/c1-12(9-16)15-5-3-14(4-6-15)11-17-7-8-18-13(2)10-17/h3-6,12-13H,7-11,16H2,1-2H3. The highest BCUT2D eigenvalue weighted by Gasteiger charge is 2.16. The molecule has 0 spiro atoms. The maximum atomic E-state index is 5.68. The van der Waals surface area contributed by atoms with Gasteiger partial charge in [-0.05, 0) is 30.5 Å². The van der Waals surface area contributed by atoms with Crippen LogP contribution in [-0.2, 0) is 11.3 Å². The van der Waals surface area contributed by atoms with Gasteiger partial charge in [0.1, 0.15) is 0 Å². The van der Waals surface area contributed by atoms with Crippen molar-refractivity contribution >= 4 is 0 Å². The minimum atomic E-state index is 0.357. The molecule has 1 aliphatic heterocycles. The second-order valence-corrected chi connectivity index (χ2v) is 5.29. The third-order valence-corrected chi connectivity index (χ3v) is 3.63. The molecule has 1 heterocycles. The first-order valence-corrected chi connectivity index (χ1v) is 6.82. The Bertz CT molecular complexity index is 363. The molecule has 1 aromatic carbocycles. The van der Waals surface area contributed by atoms with Crippen molar-refractivity contribution in [2.24, 2.45) is 5.73 Å². The van der Waals surface area contributed by atoms with E-state index >= 15 is 0 Å². The zero-order chi connectivity index (χ0) is 13.0. The van der Waals surface area contributed by atoms with E-state index in [1.165, 1.54) is 11.1 Å². The summed E-state index contributed by atoms with van der Waals surface area (Å²) in [7, 11) is 0. The van der Waals surface area contributed by atoms with Gasteiger partial charge >= 0.3 is 0 Å². The molecule has 1 saturated heterocycles. The van der Waals surface area contributed by atoms with E-state index in [9.17, 15) is 0 Å². The number of morpholine rings is 1. The van der Waals surface area contributed by atoms with Crippen molar-refractivity contribution in [3.05, 3.63) is 35.4 Å². The van der Waals surface area contributed by atoms with Crippen LogP contribution in [0.15, 0.2) is 24.3 Å². The van der Waals surface area contributed by atoms with Gasteiger partial charge in [-0.3, -0.25) is 4.90 Å². The summed E-state index contributed by atoms with van der Waals surface area (Å²) in [6.07, 6.45) is 0.357. The Morgan fingerprint density at radius 1 is 1.39 bits per heavy atom. The Morgan fingerprint density at radius 2 is 2.11 bits per heavy atom. The van der Waals surface area contributed by atoms with Crippen molar-refractivity contribution in [1.82, 2.24) is 4.90 Å². The molecule has 1 aliphatic rings. The lowest BCUT2D eigenvalue weighted by Crippen LogP contribution is -2.40. The number of nitrogens with two attached hydrogens (primary N) is 1. The molecule has 1 aromatic rings. The Balaban J connectivity index is 1.93. The fourth-order valence-electron chi connectivity index (χ4n) is 2.38. The zero-order valence-electron chi connectivity index (χ0n) is 11.4. The van der Waals surface area contributed by atoms with Crippen LogP contribution in [0.25, 0.3) is 0 Å². The van der Waals surface area contributed by atoms with Gasteiger partial charge < -0.3 is 10.5 Å². The lowest BCUT2D eigenvalue weighted by Gasteiger charge is -2.31. The fourth-order valence-corrected chi connectivity index (χ4v) is 2.38. The van der Waals surface area contributed by atoms with E-state index in [1.807, 2.05) is 0 Å². The highest BCUT2D eigenvalue weighted by atomic mass is 16.5. The molecule has 0 aromatic heterocycles. The van der Waals surface area contributed by atoms with Gasteiger partial charge in [0.25, 0.3) is 0 Å². The lowest BCUT2D eigenvalue weighted by molar-refractivity contribution is -0.0212. The van der Waals surface area contributed by atoms with Crippen molar-refractivity contribution in [3.8, 4) is 0 Å². The average molecular weight is 248 g/mol. The highest BCUT2D eigenvalue weighted by molar-refractivity contribution is 5.25. The van der Waals surface area contributed by atoms with Crippen molar-refractivity contribution in [2.75, 3.05) is 26.2 Å². The molecule has 3 heteroatoms.